The minimum absolute atomic E-state index is 0.515. The molecule has 0 radical (unpaired) electrons. The van der Waals surface area contributed by atoms with Gasteiger partial charge in [0.1, 0.15) is 5.58 Å². The number of rotatable bonds is 5. The normalized spacial score (nSPS) is 13.3. The average molecular weight is 791 g/mol. The van der Waals surface area contributed by atoms with Gasteiger partial charge < -0.3 is 14.2 Å². The van der Waals surface area contributed by atoms with Crippen molar-refractivity contribution in [1.82, 2.24) is 0 Å². The summed E-state index contributed by atoms with van der Waals surface area (Å²) < 4.78 is 6.65. The molecule has 290 valence electrons. The van der Waals surface area contributed by atoms with Crippen molar-refractivity contribution in [3.63, 3.8) is 0 Å². The van der Waals surface area contributed by atoms with E-state index in [1.165, 1.54) is 61.1 Å². The van der Waals surface area contributed by atoms with E-state index in [0.29, 0.717) is 0 Å². The van der Waals surface area contributed by atoms with Gasteiger partial charge in [-0.3, -0.25) is 0 Å². The van der Waals surface area contributed by atoms with E-state index in [-0.39, 0.29) is 0 Å². The van der Waals surface area contributed by atoms with E-state index in [9.17, 15) is 0 Å². The van der Waals surface area contributed by atoms with Crippen LogP contribution in [0.5, 0.6) is 0 Å². The molecule has 0 amide bonds. The molecular weight excluding hydrogens is 753 g/mol. The Hall–Kier alpha value is -8.14. The van der Waals surface area contributed by atoms with E-state index in [1.54, 1.807) is 0 Å². The number of para-hydroxylation sites is 5. The monoisotopic (exact) mass is 790 g/mol. The van der Waals surface area contributed by atoms with Crippen LogP contribution >= 0.6 is 0 Å². The standard InChI is InChI=1S/C59H38N2O/c1-2-17-43(18-3-1)61-54-25-11-9-23-51(54)59(52-24-10-12-26-55(52)61)50-22-8-6-19-46(50)47-36-32-42(38-53(47)59)40-29-33-44(34-30-40)60(45-35-31-39-15-4-5-16-41(39)37-45)56-27-14-21-49-48-20-7-13-28-57(48)62-58(49)56/h1-38H. The maximum Gasteiger partial charge on any atom is 0.159 e. The molecule has 2 aliphatic rings. The highest BCUT2D eigenvalue weighted by molar-refractivity contribution is 6.10. The van der Waals surface area contributed by atoms with Crippen LogP contribution < -0.4 is 9.80 Å². The zero-order valence-electron chi connectivity index (χ0n) is 33.7. The lowest BCUT2D eigenvalue weighted by Gasteiger charge is -2.45. The lowest BCUT2D eigenvalue weighted by molar-refractivity contribution is 0.669. The molecule has 3 heteroatoms. The number of fused-ring (bicyclic) bond motifs is 13. The highest BCUT2D eigenvalue weighted by Gasteiger charge is 2.51. The van der Waals surface area contributed by atoms with Crippen LogP contribution in [-0.4, -0.2) is 0 Å². The average Bonchev–Trinajstić information content (AvgIpc) is 3.87. The lowest BCUT2D eigenvalue weighted by Crippen LogP contribution is -2.36. The van der Waals surface area contributed by atoms with Crippen LogP contribution in [0.25, 0.3) is 55.0 Å². The Labute approximate surface area is 360 Å². The van der Waals surface area contributed by atoms with Gasteiger partial charge in [0.2, 0.25) is 0 Å². The van der Waals surface area contributed by atoms with Crippen LogP contribution in [0, 0.1) is 0 Å². The Morgan fingerprint density at radius 2 is 1.00 bits per heavy atom. The maximum atomic E-state index is 6.65. The van der Waals surface area contributed by atoms with Gasteiger partial charge in [0.25, 0.3) is 0 Å². The summed E-state index contributed by atoms with van der Waals surface area (Å²) >= 11 is 0. The second-order valence-electron chi connectivity index (χ2n) is 16.4. The third kappa shape index (κ3) is 4.94. The van der Waals surface area contributed by atoms with Crippen molar-refractivity contribution < 1.29 is 4.42 Å². The van der Waals surface area contributed by atoms with Crippen molar-refractivity contribution in [2.24, 2.45) is 0 Å². The van der Waals surface area contributed by atoms with Crippen molar-refractivity contribution in [2.45, 2.75) is 5.41 Å². The molecule has 0 bridgehead atoms. The number of nitrogens with zero attached hydrogens (tertiary/aromatic N) is 2. The highest BCUT2D eigenvalue weighted by Crippen LogP contribution is 2.63. The van der Waals surface area contributed by atoms with E-state index in [1.807, 2.05) is 6.07 Å². The van der Waals surface area contributed by atoms with E-state index < -0.39 is 5.41 Å². The molecule has 0 fully saturated rings. The van der Waals surface area contributed by atoms with Gasteiger partial charge in [-0.15, -0.1) is 0 Å². The Balaban J connectivity index is 0.984. The molecule has 1 aliphatic carbocycles. The van der Waals surface area contributed by atoms with Crippen molar-refractivity contribution in [3.05, 3.63) is 253 Å². The van der Waals surface area contributed by atoms with Crippen LogP contribution in [0.3, 0.4) is 0 Å². The summed E-state index contributed by atoms with van der Waals surface area (Å²) in [6.07, 6.45) is 0. The summed E-state index contributed by atoms with van der Waals surface area (Å²) in [4.78, 5) is 4.77. The lowest BCUT2D eigenvalue weighted by atomic mass is 9.64. The highest BCUT2D eigenvalue weighted by atomic mass is 16.3. The second kappa shape index (κ2) is 13.4. The maximum absolute atomic E-state index is 6.65. The first-order chi connectivity index (χ1) is 30.8. The molecule has 0 saturated carbocycles. The Morgan fingerprint density at radius 1 is 0.387 bits per heavy atom. The molecule has 0 unspecified atom stereocenters. The molecule has 62 heavy (non-hydrogen) atoms. The number of hydrogen-bond donors (Lipinski definition) is 0. The van der Waals surface area contributed by atoms with E-state index in [4.69, 9.17) is 4.42 Å². The van der Waals surface area contributed by atoms with Crippen molar-refractivity contribution >= 4 is 66.8 Å². The summed E-state index contributed by atoms with van der Waals surface area (Å²) in [5, 5.41) is 4.62. The second-order valence-corrected chi connectivity index (χ2v) is 16.4. The molecule has 0 atom stereocenters. The van der Waals surface area contributed by atoms with E-state index in [2.05, 4.69) is 234 Å². The number of furan rings is 1. The first kappa shape index (κ1) is 34.7. The topological polar surface area (TPSA) is 19.6 Å². The zero-order chi connectivity index (χ0) is 40.8. The minimum atomic E-state index is -0.515. The van der Waals surface area contributed by atoms with Crippen LogP contribution in [0.2, 0.25) is 0 Å². The third-order valence-corrected chi connectivity index (χ3v) is 13.2. The van der Waals surface area contributed by atoms with Gasteiger partial charge in [-0.2, -0.15) is 0 Å². The molecule has 0 saturated heterocycles. The quantitative estimate of drug-likeness (QED) is 0.173. The fraction of sp³-hybridized carbons (Fsp3) is 0.0169. The van der Waals surface area contributed by atoms with Crippen molar-refractivity contribution in [2.75, 3.05) is 9.80 Å². The summed E-state index contributed by atoms with van der Waals surface area (Å²) in [6.45, 7) is 0. The first-order valence-corrected chi connectivity index (χ1v) is 21.3. The fourth-order valence-corrected chi connectivity index (χ4v) is 10.6. The van der Waals surface area contributed by atoms with Crippen LogP contribution in [0.15, 0.2) is 235 Å². The molecule has 0 N–H and O–H groups in total. The number of hydrogen-bond acceptors (Lipinski definition) is 3. The predicted molar refractivity (Wildman–Crippen MR) is 257 cm³/mol. The largest absolute Gasteiger partial charge is 0.454 e. The smallest absolute Gasteiger partial charge is 0.159 e. The summed E-state index contributed by atoms with van der Waals surface area (Å²) in [6, 6.07) is 84.0. The van der Waals surface area contributed by atoms with Gasteiger partial charge in [0.15, 0.2) is 5.58 Å². The van der Waals surface area contributed by atoms with Gasteiger partial charge in [-0.1, -0.05) is 164 Å². The van der Waals surface area contributed by atoms with Gasteiger partial charge >= 0.3 is 0 Å². The molecule has 10 aromatic carbocycles. The summed E-state index contributed by atoms with van der Waals surface area (Å²) in [5.41, 5.74) is 18.0. The molecule has 13 rings (SSSR count). The van der Waals surface area contributed by atoms with Gasteiger partial charge in [-0.05, 0) is 122 Å². The molecule has 3 nitrogen and oxygen atoms in total. The van der Waals surface area contributed by atoms with Crippen LogP contribution in [0.1, 0.15) is 22.3 Å². The van der Waals surface area contributed by atoms with Gasteiger partial charge in [0, 0.05) is 27.8 Å². The Bertz CT molecular complexity index is 3500. The number of benzene rings is 10. The Kier molecular flexibility index (Phi) is 7.52. The molecular formula is C59H38N2O. The molecule has 2 heterocycles. The number of anilines is 6. The van der Waals surface area contributed by atoms with E-state index >= 15 is 0 Å². The fourth-order valence-electron chi connectivity index (χ4n) is 10.6. The molecule has 1 aromatic heterocycles. The zero-order valence-corrected chi connectivity index (χ0v) is 33.7. The third-order valence-electron chi connectivity index (χ3n) is 13.2. The van der Waals surface area contributed by atoms with E-state index in [0.717, 1.165) is 50.3 Å². The molecule has 1 aliphatic heterocycles. The SMILES string of the molecule is c1ccc(N2c3ccccc3C3(c4ccccc4-c4ccc(-c5ccc(N(c6ccc7ccccc7c6)c6cccc7c6oc6ccccc67)cc5)cc43)c3ccccc32)cc1. The molecule has 1 spiro atoms. The van der Waals surface area contributed by atoms with Crippen LogP contribution in [-0.2, 0) is 5.41 Å². The van der Waals surface area contributed by atoms with Gasteiger partial charge in [0.05, 0.1) is 22.5 Å². The summed E-state index contributed by atoms with van der Waals surface area (Å²) in [7, 11) is 0. The van der Waals surface area contributed by atoms with Crippen molar-refractivity contribution in [3.8, 4) is 22.3 Å². The Morgan fingerprint density at radius 3 is 1.81 bits per heavy atom. The first-order valence-electron chi connectivity index (χ1n) is 21.3. The van der Waals surface area contributed by atoms with Crippen molar-refractivity contribution in [1.29, 1.82) is 0 Å². The predicted octanol–water partition coefficient (Wildman–Crippen LogP) is 16.0. The van der Waals surface area contributed by atoms with Crippen LogP contribution in [0.4, 0.5) is 34.1 Å². The minimum Gasteiger partial charge on any atom is -0.454 e. The van der Waals surface area contributed by atoms with Gasteiger partial charge in [-0.25, -0.2) is 0 Å². The summed E-state index contributed by atoms with van der Waals surface area (Å²) in [5.74, 6) is 0. The molecule has 11 aromatic rings.